The number of ether oxygens (including phenoxy) is 2. The third-order valence-electron chi connectivity index (χ3n) is 4.15. The second kappa shape index (κ2) is 4.30. The molecule has 1 unspecified atom stereocenters. The Morgan fingerprint density at radius 2 is 1.74 bits per heavy atom. The van der Waals surface area contributed by atoms with Gasteiger partial charge in [-0.25, -0.2) is 0 Å². The fourth-order valence-corrected chi connectivity index (χ4v) is 3.22. The summed E-state index contributed by atoms with van der Waals surface area (Å²) in [6.07, 6.45) is 3.61. The Bertz CT molecular complexity index is 604. The first-order valence-electron chi connectivity index (χ1n) is 6.89. The number of rotatable bonds is 1. The van der Waals surface area contributed by atoms with E-state index in [1.165, 1.54) is 29.5 Å². The molecule has 19 heavy (non-hydrogen) atoms. The van der Waals surface area contributed by atoms with Crippen LogP contribution in [-0.4, -0.2) is 6.79 Å². The molecule has 0 saturated heterocycles. The van der Waals surface area contributed by atoms with Gasteiger partial charge in [0, 0.05) is 5.92 Å². The Hall–Kier alpha value is -1.96. The molecular formula is C17H16O2. The summed E-state index contributed by atoms with van der Waals surface area (Å²) in [5.41, 5.74) is 4.24. The van der Waals surface area contributed by atoms with Crippen LogP contribution in [0.15, 0.2) is 42.5 Å². The van der Waals surface area contributed by atoms with Crippen LogP contribution < -0.4 is 9.47 Å². The maximum atomic E-state index is 5.53. The third-order valence-corrected chi connectivity index (χ3v) is 4.15. The molecule has 1 aliphatic carbocycles. The highest BCUT2D eigenvalue weighted by Crippen LogP contribution is 2.43. The van der Waals surface area contributed by atoms with Crippen LogP contribution >= 0.6 is 0 Å². The summed E-state index contributed by atoms with van der Waals surface area (Å²) in [5, 5.41) is 0. The lowest BCUT2D eigenvalue weighted by Crippen LogP contribution is -2.10. The van der Waals surface area contributed by atoms with Gasteiger partial charge in [-0.15, -0.1) is 0 Å². The van der Waals surface area contributed by atoms with Gasteiger partial charge in [-0.2, -0.15) is 0 Å². The van der Waals surface area contributed by atoms with E-state index in [1.807, 2.05) is 0 Å². The predicted molar refractivity (Wildman–Crippen MR) is 73.8 cm³/mol. The van der Waals surface area contributed by atoms with Gasteiger partial charge in [0.1, 0.15) is 0 Å². The monoisotopic (exact) mass is 252 g/mol. The van der Waals surface area contributed by atoms with Gasteiger partial charge in [0.2, 0.25) is 6.79 Å². The quantitative estimate of drug-likeness (QED) is 0.766. The zero-order valence-electron chi connectivity index (χ0n) is 10.8. The molecule has 0 fully saturated rings. The van der Waals surface area contributed by atoms with Crippen molar-refractivity contribution in [1.82, 2.24) is 0 Å². The largest absolute Gasteiger partial charge is 0.454 e. The van der Waals surface area contributed by atoms with Gasteiger partial charge >= 0.3 is 0 Å². The second-order valence-corrected chi connectivity index (χ2v) is 5.26. The minimum atomic E-state index is 0.355. The number of benzene rings is 2. The van der Waals surface area contributed by atoms with Gasteiger partial charge in [0.25, 0.3) is 0 Å². The molecule has 2 heteroatoms. The summed E-state index contributed by atoms with van der Waals surface area (Å²) < 4.78 is 11.0. The topological polar surface area (TPSA) is 18.5 Å². The molecule has 96 valence electrons. The Morgan fingerprint density at radius 1 is 0.947 bits per heavy atom. The zero-order valence-corrected chi connectivity index (χ0v) is 10.8. The molecule has 0 saturated carbocycles. The summed E-state index contributed by atoms with van der Waals surface area (Å²) in [7, 11) is 0. The molecule has 0 radical (unpaired) electrons. The van der Waals surface area contributed by atoms with Crippen LogP contribution in [0.5, 0.6) is 11.5 Å². The van der Waals surface area contributed by atoms with Gasteiger partial charge in [-0.3, -0.25) is 0 Å². The molecule has 0 aromatic heterocycles. The third kappa shape index (κ3) is 1.79. The van der Waals surface area contributed by atoms with E-state index >= 15 is 0 Å². The van der Waals surface area contributed by atoms with Gasteiger partial charge in [0.15, 0.2) is 11.5 Å². The number of aryl methyl sites for hydroxylation is 1. The van der Waals surface area contributed by atoms with Crippen LogP contribution in [0.25, 0.3) is 0 Å². The summed E-state index contributed by atoms with van der Waals surface area (Å²) >= 11 is 0. The second-order valence-electron chi connectivity index (χ2n) is 5.26. The van der Waals surface area contributed by atoms with Crippen LogP contribution in [0.2, 0.25) is 0 Å². The van der Waals surface area contributed by atoms with Gasteiger partial charge in [-0.1, -0.05) is 30.3 Å². The van der Waals surface area contributed by atoms with Crippen LogP contribution in [0.1, 0.15) is 35.4 Å². The first-order chi connectivity index (χ1) is 9.42. The van der Waals surface area contributed by atoms with E-state index in [-0.39, 0.29) is 0 Å². The Morgan fingerprint density at radius 3 is 2.58 bits per heavy atom. The van der Waals surface area contributed by atoms with Crippen molar-refractivity contribution in [2.75, 3.05) is 6.79 Å². The fourth-order valence-electron chi connectivity index (χ4n) is 3.22. The van der Waals surface area contributed by atoms with E-state index in [4.69, 9.17) is 9.47 Å². The highest BCUT2D eigenvalue weighted by molar-refractivity contribution is 5.52. The average molecular weight is 252 g/mol. The van der Waals surface area contributed by atoms with Crippen molar-refractivity contribution in [3.63, 3.8) is 0 Å². The lowest BCUT2D eigenvalue weighted by molar-refractivity contribution is 0.174. The van der Waals surface area contributed by atoms with Crippen molar-refractivity contribution in [1.29, 1.82) is 0 Å². The van der Waals surface area contributed by atoms with Gasteiger partial charge < -0.3 is 9.47 Å². The summed E-state index contributed by atoms with van der Waals surface area (Å²) in [5.74, 6) is 2.31. The van der Waals surface area contributed by atoms with E-state index < -0.39 is 0 Å². The van der Waals surface area contributed by atoms with Crippen molar-refractivity contribution in [3.8, 4) is 11.5 Å². The maximum absolute atomic E-state index is 5.53. The lowest BCUT2D eigenvalue weighted by Gasteiger charge is -2.26. The molecule has 0 amide bonds. The van der Waals surface area contributed by atoms with Crippen molar-refractivity contribution in [3.05, 3.63) is 59.2 Å². The normalized spacial score (nSPS) is 20.1. The van der Waals surface area contributed by atoms with Crippen LogP contribution in [0.3, 0.4) is 0 Å². The standard InChI is InChI=1S/C17H16O2/c1-2-5-12(6-3-1)14-8-4-7-13-9-16-17(10-15(13)14)19-11-18-16/h1-3,5-6,9-10,14H,4,7-8,11H2. The van der Waals surface area contributed by atoms with E-state index in [9.17, 15) is 0 Å². The molecule has 2 aromatic rings. The molecule has 0 spiro atoms. The summed E-state index contributed by atoms with van der Waals surface area (Å²) in [6, 6.07) is 15.1. The molecule has 2 aliphatic rings. The molecule has 0 N–H and O–H groups in total. The molecule has 2 nitrogen and oxygen atoms in total. The highest BCUT2D eigenvalue weighted by Gasteiger charge is 2.25. The molecule has 1 heterocycles. The molecular weight excluding hydrogens is 236 g/mol. The molecule has 0 bridgehead atoms. The minimum absolute atomic E-state index is 0.355. The maximum Gasteiger partial charge on any atom is 0.231 e. The summed E-state index contributed by atoms with van der Waals surface area (Å²) in [6.45, 7) is 0.355. The number of hydrogen-bond donors (Lipinski definition) is 0. The Labute approximate surface area is 113 Å². The smallest absolute Gasteiger partial charge is 0.231 e. The van der Waals surface area contributed by atoms with E-state index in [0.29, 0.717) is 12.7 Å². The summed E-state index contributed by atoms with van der Waals surface area (Å²) in [4.78, 5) is 0. The van der Waals surface area contributed by atoms with Gasteiger partial charge in [0.05, 0.1) is 0 Å². The minimum Gasteiger partial charge on any atom is -0.454 e. The predicted octanol–water partition coefficient (Wildman–Crippen LogP) is 3.88. The fraction of sp³-hybridized carbons (Fsp3) is 0.294. The number of fused-ring (bicyclic) bond motifs is 2. The first kappa shape index (κ1) is 10.9. The van der Waals surface area contributed by atoms with Crippen molar-refractivity contribution in [2.45, 2.75) is 25.2 Å². The Balaban J connectivity index is 1.82. The van der Waals surface area contributed by atoms with E-state index in [2.05, 4.69) is 42.5 Å². The van der Waals surface area contributed by atoms with Gasteiger partial charge in [-0.05, 0) is 48.1 Å². The van der Waals surface area contributed by atoms with Crippen LogP contribution in [-0.2, 0) is 6.42 Å². The average Bonchev–Trinajstić information content (AvgIpc) is 2.92. The molecule has 1 atom stereocenters. The van der Waals surface area contributed by atoms with E-state index in [0.717, 1.165) is 17.9 Å². The van der Waals surface area contributed by atoms with E-state index in [1.54, 1.807) is 0 Å². The van der Waals surface area contributed by atoms with Crippen molar-refractivity contribution < 1.29 is 9.47 Å². The number of hydrogen-bond acceptors (Lipinski definition) is 2. The SMILES string of the molecule is c1ccc(C2CCCc3cc4c(cc32)OCO4)cc1. The molecule has 1 aliphatic heterocycles. The van der Waals surface area contributed by atoms with Crippen molar-refractivity contribution in [2.24, 2.45) is 0 Å². The zero-order chi connectivity index (χ0) is 12.7. The highest BCUT2D eigenvalue weighted by atomic mass is 16.7. The molecule has 2 aromatic carbocycles. The molecule has 4 rings (SSSR count). The lowest BCUT2D eigenvalue weighted by atomic mass is 9.79. The van der Waals surface area contributed by atoms with Crippen molar-refractivity contribution >= 4 is 0 Å². The Kier molecular flexibility index (Phi) is 2.47. The first-order valence-corrected chi connectivity index (χ1v) is 6.89. The van der Waals surface area contributed by atoms with Crippen LogP contribution in [0, 0.1) is 0 Å². The van der Waals surface area contributed by atoms with Crippen LogP contribution in [0.4, 0.5) is 0 Å².